The molecule has 13 heteroatoms. The molecule has 2 aromatic carbocycles. The van der Waals surface area contributed by atoms with Crippen molar-refractivity contribution in [3.05, 3.63) is 93.7 Å². The molecule has 0 spiro atoms. The summed E-state index contributed by atoms with van der Waals surface area (Å²) in [5.74, 6) is -0.240. The first kappa shape index (κ1) is 30.0. The van der Waals surface area contributed by atoms with E-state index >= 15 is 4.39 Å². The lowest BCUT2D eigenvalue weighted by molar-refractivity contribution is -0.150. The molecule has 3 heterocycles. The molecule has 0 aliphatic heterocycles. The van der Waals surface area contributed by atoms with Crippen molar-refractivity contribution in [2.45, 2.75) is 31.8 Å². The van der Waals surface area contributed by atoms with Crippen LogP contribution in [-0.2, 0) is 39.1 Å². The van der Waals surface area contributed by atoms with Gasteiger partial charge < -0.3 is 19.9 Å². The Bertz CT molecular complexity index is 1940. The largest absolute Gasteiger partial charge is 0.459 e. The molecule has 0 saturated heterocycles. The molecule has 1 aliphatic carbocycles. The Morgan fingerprint density at radius 2 is 1.98 bits per heavy atom. The van der Waals surface area contributed by atoms with E-state index in [4.69, 9.17) is 19.9 Å². The lowest BCUT2D eigenvalue weighted by Gasteiger charge is -2.17. The number of hydrogen-bond acceptors (Lipinski definition) is 10. The van der Waals surface area contributed by atoms with Crippen LogP contribution in [0.15, 0.2) is 59.8 Å². The summed E-state index contributed by atoms with van der Waals surface area (Å²) in [6.45, 7) is -0.00180. The topological polar surface area (TPSA) is 149 Å². The van der Waals surface area contributed by atoms with Gasteiger partial charge in [0.05, 0.1) is 30.5 Å². The van der Waals surface area contributed by atoms with E-state index in [-0.39, 0.29) is 37.0 Å². The fraction of sp³-hybridized carbons (Fsp3) is 0.312. The molecule has 0 amide bonds. The van der Waals surface area contributed by atoms with Gasteiger partial charge in [-0.05, 0) is 53.5 Å². The quantitative estimate of drug-likeness (QED) is 0.164. The van der Waals surface area contributed by atoms with E-state index in [9.17, 15) is 9.59 Å². The van der Waals surface area contributed by atoms with Crippen LogP contribution >= 0.6 is 0 Å². The van der Waals surface area contributed by atoms with Crippen LogP contribution in [0.5, 0.6) is 0 Å². The van der Waals surface area contributed by atoms with Gasteiger partial charge in [-0.25, -0.2) is 14.2 Å². The second-order valence-electron chi connectivity index (χ2n) is 10.9. The fourth-order valence-corrected chi connectivity index (χ4v) is 5.23. The molecule has 0 unspecified atom stereocenters. The van der Waals surface area contributed by atoms with E-state index in [1.807, 2.05) is 19.3 Å². The lowest BCUT2D eigenvalue weighted by atomic mass is 10.0. The van der Waals surface area contributed by atoms with Gasteiger partial charge in [0.2, 0.25) is 5.95 Å². The third-order valence-electron chi connectivity index (χ3n) is 7.53. The van der Waals surface area contributed by atoms with E-state index in [1.165, 1.54) is 17.7 Å². The lowest BCUT2D eigenvalue weighted by Crippen LogP contribution is -2.21. The summed E-state index contributed by atoms with van der Waals surface area (Å²) in [4.78, 5) is 39.7. The maximum atomic E-state index is 15.4. The Labute approximate surface area is 257 Å². The Kier molecular flexibility index (Phi) is 8.62. The number of carbonyl (C=O) groups excluding carboxylic acids is 1. The Balaban J connectivity index is 1.42. The minimum absolute atomic E-state index is 0.00445. The average molecular weight is 614 g/mol. The number of methoxy groups -OCH3 is 1. The minimum atomic E-state index is -0.621. The van der Waals surface area contributed by atoms with Crippen molar-refractivity contribution >= 4 is 22.7 Å². The molecule has 0 bridgehead atoms. The fourth-order valence-electron chi connectivity index (χ4n) is 5.23. The Morgan fingerprint density at radius 1 is 1.13 bits per heavy atom. The summed E-state index contributed by atoms with van der Waals surface area (Å²) in [7, 11) is 3.34. The minimum Gasteiger partial charge on any atom is -0.459 e. The van der Waals surface area contributed by atoms with Gasteiger partial charge in [0, 0.05) is 44.1 Å². The molecule has 12 nitrogen and oxygen atoms in total. The summed E-state index contributed by atoms with van der Waals surface area (Å²) < 4.78 is 34.2. The SMILES string of the molecule is COCCOCC(=O)OCc1c(-c2nc(N)nc(Cc3cnn(C)c3)n2)cccc1-n1ccc2cc(C3CC3)cc(F)c2c1=O. The number of hydrogen-bond donors (Lipinski definition) is 1. The highest BCUT2D eigenvalue weighted by Crippen LogP contribution is 2.41. The van der Waals surface area contributed by atoms with E-state index < -0.39 is 17.3 Å². The van der Waals surface area contributed by atoms with Crippen LogP contribution in [0, 0.1) is 5.82 Å². The van der Waals surface area contributed by atoms with Crippen molar-refractivity contribution in [3.63, 3.8) is 0 Å². The van der Waals surface area contributed by atoms with Gasteiger partial charge in [-0.15, -0.1) is 0 Å². The van der Waals surface area contributed by atoms with Crippen LogP contribution in [-0.4, -0.2) is 62.2 Å². The van der Waals surface area contributed by atoms with Crippen LogP contribution in [0.25, 0.3) is 27.8 Å². The highest BCUT2D eigenvalue weighted by Gasteiger charge is 2.26. The first-order valence-electron chi connectivity index (χ1n) is 14.5. The molecule has 6 rings (SSSR count). The van der Waals surface area contributed by atoms with E-state index in [2.05, 4.69) is 20.1 Å². The number of anilines is 1. The average Bonchev–Trinajstić information content (AvgIpc) is 3.79. The number of fused-ring (bicyclic) bond motifs is 1. The summed E-state index contributed by atoms with van der Waals surface area (Å²) in [6.07, 6.45) is 7.52. The molecule has 1 aliphatic rings. The van der Waals surface area contributed by atoms with E-state index in [1.54, 1.807) is 41.3 Å². The highest BCUT2D eigenvalue weighted by molar-refractivity contribution is 5.83. The number of nitrogen functional groups attached to an aromatic ring is 1. The highest BCUT2D eigenvalue weighted by atomic mass is 19.1. The number of benzene rings is 2. The molecule has 232 valence electrons. The number of halogens is 1. The van der Waals surface area contributed by atoms with Gasteiger partial charge in [-0.1, -0.05) is 18.2 Å². The van der Waals surface area contributed by atoms with Gasteiger partial charge in [0.1, 0.15) is 24.9 Å². The summed E-state index contributed by atoms with van der Waals surface area (Å²) >= 11 is 0. The number of nitrogens with zero attached hydrogens (tertiary/aromatic N) is 6. The zero-order chi connectivity index (χ0) is 31.5. The zero-order valence-electron chi connectivity index (χ0n) is 24.9. The van der Waals surface area contributed by atoms with Gasteiger partial charge in [0.15, 0.2) is 5.82 Å². The standard InChI is InChI=1S/C32H32FN7O5/c1-39-16-19(15-35-39)12-27-36-30(38-32(34)37-27)23-4-3-5-26(24(23)17-45-28(41)18-44-11-10-43-2)40-9-8-21-13-22(20-6-7-20)14-25(33)29(21)31(40)42/h3-5,8-9,13-16,20H,6-7,10-12,17-18H2,1-2H3,(H2,34,36,37,38). The molecule has 5 aromatic rings. The van der Waals surface area contributed by atoms with Gasteiger partial charge in [0.25, 0.3) is 5.56 Å². The maximum absolute atomic E-state index is 15.4. The molecule has 2 N–H and O–H groups in total. The number of carbonyl (C=O) groups is 1. The molecule has 1 fully saturated rings. The first-order valence-corrected chi connectivity index (χ1v) is 14.5. The number of esters is 1. The van der Waals surface area contributed by atoms with E-state index in [0.29, 0.717) is 47.0 Å². The number of aryl methyl sites for hydroxylation is 1. The van der Waals surface area contributed by atoms with Crippen molar-refractivity contribution in [2.24, 2.45) is 7.05 Å². The summed E-state index contributed by atoms with van der Waals surface area (Å²) in [6, 6.07) is 10.2. The Morgan fingerprint density at radius 3 is 2.73 bits per heavy atom. The monoisotopic (exact) mass is 613 g/mol. The molecule has 3 aromatic heterocycles. The van der Waals surface area contributed by atoms with Gasteiger partial charge in [-0.2, -0.15) is 15.1 Å². The molecular formula is C32H32FN7O5. The van der Waals surface area contributed by atoms with Crippen molar-refractivity contribution in [2.75, 3.05) is 32.7 Å². The molecule has 45 heavy (non-hydrogen) atoms. The van der Waals surface area contributed by atoms with Crippen LogP contribution in [0.4, 0.5) is 10.3 Å². The van der Waals surface area contributed by atoms with E-state index in [0.717, 1.165) is 24.0 Å². The summed E-state index contributed by atoms with van der Waals surface area (Å²) in [5.41, 5.74) is 8.57. The van der Waals surface area contributed by atoms with Crippen molar-refractivity contribution < 1.29 is 23.4 Å². The zero-order valence-corrected chi connectivity index (χ0v) is 24.9. The number of pyridine rings is 1. The van der Waals surface area contributed by atoms with Gasteiger partial charge >= 0.3 is 5.97 Å². The molecule has 0 atom stereocenters. The first-order chi connectivity index (χ1) is 21.8. The van der Waals surface area contributed by atoms with Gasteiger partial charge in [-0.3, -0.25) is 14.0 Å². The third-order valence-corrected chi connectivity index (χ3v) is 7.53. The maximum Gasteiger partial charge on any atom is 0.332 e. The van der Waals surface area contributed by atoms with Crippen molar-refractivity contribution in [1.29, 1.82) is 0 Å². The van der Waals surface area contributed by atoms with Crippen molar-refractivity contribution in [1.82, 2.24) is 29.3 Å². The number of nitrogens with two attached hydrogens (primary N) is 1. The molecule has 0 radical (unpaired) electrons. The smallest absolute Gasteiger partial charge is 0.332 e. The van der Waals surface area contributed by atoms with Crippen LogP contribution < -0.4 is 11.3 Å². The number of rotatable bonds is 12. The van der Waals surface area contributed by atoms with Crippen LogP contribution in [0.2, 0.25) is 0 Å². The third kappa shape index (κ3) is 6.74. The second-order valence-corrected chi connectivity index (χ2v) is 10.9. The predicted octanol–water partition coefficient (Wildman–Crippen LogP) is 3.47. The Hall–Kier alpha value is -5.01. The molecule has 1 saturated carbocycles. The van der Waals surface area contributed by atoms with Crippen LogP contribution in [0.1, 0.15) is 41.3 Å². The number of aromatic nitrogens is 6. The van der Waals surface area contributed by atoms with Crippen molar-refractivity contribution in [3.8, 4) is 17.1 Å². The molecular weight excluding hydrogens is 581 g/mol. The predicted molar refractivity (Wildman–Crippen MR) is 163 cm³/mol. The second kappa shape index (κ2) is 12.9. The number of ether oxygens (including phenoxy) is 3. The van der Waals surface area contributed by atoms with Crippen LogP contribution in [0.3, 0.4) is 0 Å². The summed E-state index contributed by atoms with van der Waals surface area (Å²) in [5, 5.41) is 4.69. The normalized spacial score (nSPS) is 13.0.